The summed E-state index contributed by atoms with van der Waals surface area (Å²) in [6.45, 7) is 0. The minimum atomic E-state index is -1.51. The molecule has 1 saturated heterocycles. The van der Waals surface area contributed by atoms with E-state index in [1.54, 1.807) is 31.4 Å². The molecule has 158 valence electrons. The molecule has 0 bridgehead atoms. The smallest absolute Gasteiger partial charge is 0.322 e. The maximum absolute atomic E-state index is 13.9. The first kappa shape index (κ1) is 20.8. The van der Waals surface area contributed by atoms with Gasteiger partial charge in [0.05, 0.1) is 20.3 Å². The number of carbonyl (C=O) groups is 2. The van der Waals surface area contributed by atoms with Gasteiger partial charge in [0.15, 0.2) is 11.2 Å². The molecule has 1 heterocycles. The summed E-state index contributed by atoms with van der Waals surface area (Å²) in [4.78, 5) is 27.2. The average molecular weight is 416 g/mol. The largest absolute Gasteiger partial charge is 0.497 e. The highest BCUT2D eigenvalue weighted by Gasteiger charge is 2.60. The molecule has 4 rings (SSSR count). The zero-order chi connectivity index (χ0) is 21.8. The number of benzene rings is 3. The van der Waals surface area contributed by atoms with Gasteiger partial charge in [-0.05, 0) is 35.4 Å². The van der Waals surface area contributed by atoms with Gasteiger partial charge < -0.3 is 14.2 Å². The third-order valence-corrected chi connectivity index (χ3v) is 5.84. The van der Waals surface area contributed by atoms with Crippen LogP contribution < -0.4 is 4.74 Å². The van der Waals surface area contributed by atoms with Gasteiger partial charge >= 0.3 is 5.97 Å². The van der Waals surface area contributed by atoms with Crippen LogP contribution in [0.1, 0.15) is 40.1 Å². The molecule has 0 spiro atoms. The van der Waals surface area contributed by atoms with Gasteiger partial charge in [0.25, 0.3) is 0 Å². The lowest BCUT2D eigenvalue weighted by Gasteiger charge is -2.30. The summed E-state index contributed by atoms with van der Waals surface area (Å²) in [5.74, 6) is -0.289. The Morgan fingerprint density at radius 3 is 1.97 bits per heavy atom. The van der Waals surface area contributed by atoms with Crippen LogP contribution >= 0.6 is 0 Å². The van der Waals surface area contributed by atoms with Crippen LogP contribution in [0.15, 0.2) is 84.9 Å². The minimum absolute atomic E-state index is 0.189. The Labute approximate surface area is 181 Å². The predicted octanol–water partition coefficient (Wildman–Crippen LogP) is 4.94. The van der Waals surface area contributed by atoms with Crippen molar-refractivity contribution < 1.29 is 23.8 Å². The second kappa shape index (κ2) is 8.74. The van der Waals surface area contributed by atoms with Gasteiger partial charge in [-0.15, -0.1) is 0 Å². The molecule has 0 radical (unpaired) electrons. The van der Waals surface area contributed by atoms with E-state index in [4.69, 9.17) is 14.2 Å². The third-order valence-electron chi connectivity index (χ3n) is 5.84. The summed E-state index contributed by atoms with van der Waals surface area (Å²) < 4.78 is 16.8. The van der Waals surface area contributed by atoms with Crippen molar-refractivity contribution in [1.82, 2.24) is 0 Å². The van der Waals surface area contributed by atoms with Crippen LogP contribution in [-0.2, 0) is 14.3 Å². The van der Waals surface area contributed by atoms with Gasteiger partial charge in [0, 0.05) is 12.0 Å². The van der Waals surface area contributed by atoms with Crippen molar-refractivity contribution in [2.75, 3.05) is 14.2 Å². The van der Waals surface area contributed by atoms with Gasteiger partial charge in [-0.3, -0.25) is 9.59 Å². The van der Waals surface area contributed by atoms with E-state index in [0.29, 0.717) is 11.3 Å². The fraction of sp³-hybridized carbons (Fsp3) is 0.231. The van der Waals surface area contributed by atoms with E-state index < -0.39 is 23.6 Å². The van der Waals surface area contributed by atoms with Crippen LogP contribution in [0.25, 0.3) is 0 Å². The van der Waals surface area contributed by atoms with E-state index in [9.17, 15) is 9.59 Å². The molecule has 3 aromatic carbocycles. The van der Waals surface area contributed by atoms with Gasteiger partial charge in [0.1, 0.15) is 11.9 Å². The Bertz CT molecular complexity index is 1050. The number of ketones is 1. The quantitative estimate of drug-likeness (QED) is 0.324. The topological polar surface area (TPSA) is 61.8 Å². The van der Waals surface area contributed by atoms with Gasteiger partial charge in [0.2, 0.25) is 0 Å². The van der Waals surface area contributed by atoms with Crippen LogP contribution in [0.3, 0.4) is 0 Å². The van der Waals surface area contributed by atoms with E-state index in [-0.39, 0.29) is 12.2 Å². The molecule has 3 aromatic rings. The molecule has 0 aliphatic carbocycles. The fourth-order valence-corrected chi connectivity index (χ4v) is 4.26. The van der Waals surface area contributed by atoms with Crippen LogP contribution in [0.5, 0.6) is 5.75 Å². The highest BCUT2D eigenvalue weighted by molar-refractivity contribution is 6.13. The zero-order valence-corrected chi connectivity index (χ0v) is 17.5. The van der Waals surface area contributed by atoms with Crippen LogP contribution in [0.4, 0.5) is 0 Å². The van der Waals surface area contributed by atoms with E-state index in [0.717, 1.165) is 11.1 Å². The van der Waals surface area contributed by atoms with Crippen molar-refractivity contribution in [3.05, 3.63) is 102 Å². The summed E-state index contributed by atoms with van der Waals surface area (Å²) in [6, 6.07) is 25.8. The lowest BCUT2D eigenvalue weighted by atomic mass is 9.71. The van der Waals surface area contributed by atoms with Crippen LogP contribution in [0, 0.1) is 5.41 Å². The zero-order valence-electron chi connectivity index (χ0n) is 17.5. The van der Waals surface area contributed by atoms with E-state index in [1.807, 2.05) is 60.7 Å². The van der Waals surface area contributed by atoms with Gasteiger partial charge in [-0.2, -0.15) is 0 Å². The number of Topliss-reactive ketones (excluding diaryl/α,β-unsaturated/α-hetero) is 1. The summed E-state index contributed by atoms with van der Waals surface area (Å²) >= 11 is 0. The van der Waals surface area contributed by atoms with Crippen molar-refractivity contribution in [2.45, 2.75) is 18.6 Å². The Kier molecular flexibility index (Phi) is 5.87. The molecule has 5 nitrogen and oxygen atoms in total. The number of hydrogen-bond acceptors (Lipinski definition) is 5. The molecular formula is C26H24O5. The molecule has 0 aromatic heterocycles. The van der Waals surface area contributed by atoms with E-state index in [1.165, 1.54) is 7.11 Å². The van der Waals surface area contributed by atoms with Gasteiger partial charge in [-0.25, -0.2) is 0 Å². The standard InChI is InChI=1S/C26H24O5/c1-29-21-15-13-19(14-16-21)23(27)26(25(28)30-2)17-22(18-9-5-3-6-10-18)31-24(26)20-11-7-4-8-12-20/h3-16,22,24H,17H2,1-2H3/t22-,24-,26+/m1/s1. The monoisotopic (exact) mass is 416 g/mol. The lowest BCUT2D eigenvalue weighted by molar-refractivity contribution is -0.152. The maximum atomic E-state index is 13.9. The summed E-state index contributed by atoms with van der Waals surface area (Å²) in [6.07, 6.45) is -1.01. The number of methoxy groups -OCH3 is 2. The summed E-state index contributed by atoms with van der Waals surface area (Å²) in [7, 11) is 2.87. The highest BCUT2D eigenvalue weighted by Crippen LogP contribution is 2.55. The normalized spacial score (nSPS) is 22.6. The number of hydrogen-bond donors (Lipinski definition) is 0. The highest BCUT2D eigenvalue weighted by atomic mass is 16.5. The SMILES string of the molecule is COC(=O)[C@]1(C(=O)c2ccc(OC)cc2)C[C@H](c2ccccc2)O[C@@H]1c1ccccc1. The van der Waals surface area contributed by atoms with Crippen LogP contribution in [-0.4, -0.2) is 26.0 Å². The first-order valence-corrected chi connectivity index (χ1v) is 10.1. The molecule has 3 atom stereocenters. The molecule has 1 aliphatic heterocycles. The molecule has 0 N–H and O–H groups in total. The molecular weight excluding hydrogens is 392 g/mol. The van der Waals surface area contributed by atoms with Crippen molar-refractivity contribution in [2.24, 2.45) is 5.41 Å². The first-order chi connectivity index (χ1) is 15.1. The van der Waals surface area contributed by atoms with Crippen molar-refractivity contribution in [3.8, 4) is 5.75 Å². The second-order valence-corrected chi connectivity index (χ2v) is 7.55. The number of rotatable bonds is 6. The molecule has 1 aliphatic rings. The number of ether oxygens (including phenoxy) is 3. The lowest BCUT2D eigenvalue weighted by Crippen LogP contribution is -2.43. The van der Waals surface area contributed by atoms with Crippen LogP contribution in [0.2, 0.25) is 0 Å². The average Bonchev–Trinajstić information content (AvgIpc) is 3.26. The Morgan fingerprint density at radius 2 is 1.42 bits per heavy atom. The maximum Gasteiger partial charge on any atom is 0.322 e. The molecule has 0 amide bonds. The minimum Gasteiger partial charge on any atom is -0.497 e. The Morgan fingerprint density at radius 1 is 0.839 bits per heavy atom. The fourth-order valence-electron chi connectivity index (χ4n) is 4.26. The third kappa shape index (κ3) is 3.73. The van der Waals surface area contributed by atoms with E-state index >= 15 is 0 Å². The predicted molar refractivity (Wildman–Crippen MR) is 116 cm³/mol. The Hall–Kier alpha value is -3.44. The Balaban J connectivity index is 1.84. The number of carbonyl (C=O) groups excluding carboxylic acids is 2. The number of esters is 1. The molecule has 1 fully saturated rings. The molecule has 0 unspecified atom stereocenters. The van der Waals surface area contributed by atoms with Crippen molar-refractivity contribution in [1.29, 1.82) is 0 Å². The molecule has 0 saturated carbocycles. The van der Waals surface area contributed by atoms with Crippen molar-refractivity contribution in [3.63, 3.8) is 0 Å². The van der Waals surface area contributed by atoms with Crippen molar-refractivity contribution >= 4 is 11.8 Å². The summed E-state index contributed by atoms with van der Waals surface area (Å²) in [5, 5.41) is 0. The van der Waals surface area contributed by atoms with Gasteiger partial charge in [-0.1, -0.05) is 60.7 Å². The first-order valence-electron chi connectivity index (χ1n) is 10.1. The second-order valence-electron chi connectivity index (χ2n) is 7.55. The molecule has 31 heavy (non-hydrogen) atoms. The molecule has 5 heteroatoms. The summed E-state index contributed by atoms with van der Waals surface area (Å²) in [5.41, 5.74) is 0.569. The van der Waals surface area contributed by atoms with E-state index in [2.05, 4.69) is 0 Å².